The fourth-order valence-corrected chi connectivity index (χ4v) is 3.21. The van der Waals surface area contributed by atoms with E-state index in [9.17, 15) is 9.18 Å². The van der Waals surface area contributed by atoms with Crippen LogP contribution < -0.4 is 0 Å². The minimum absolute atomic E-state index is 0.121. The number of halogens is 1. The normalized spacial score (nSPS) is 18.2. The van der Waals surface area contributed by atoms with Crippen LogP contribution in [0.4, 0.5) is 10.1 Å². The zero-order valence-electron chi connectivity index (χ0n) is 12.4. The number of carbonyl (C=O) groups is 1. The van der Waals surface area contributed by atoms with E-state index in [1.807, 2.05) is 13.0 Å². The molecular weight excluding hydrogens is 313 g/mol. The average Bonchev–Trinajstić information content (AvgIpc) is 2.83. The van der Waals surface area contributed by atoms with Crippen molar-refractivity contribution < 1.29 is 9.18 Å². The van der Waals surface area contributed by atoms with E-state index in [2.05, 4.69) is 9.98 Å². The summed E-state index contributed by atoms with van der Waals surface area (Å²) < 4.78 is 13.3. The van der Waals surface area contributed by atoms with Crippen molar-refractivity contribution in [2.24, 2.45) is 4.99 Å². The van der Waals surface area contributed by atoms with E-state index in [1.165, 1.54) is 23.9 Å². The smallest absolute Gasteiger partial charge is 0.266 e. The second kappa shape index (κ2) is 6.75. The van der Waals surface area contributed by atoms with Gasteiger partial charge in [-0.2, -0.15) is 0 Å². The van der Waals surface area contributed by atoms with E-state index >= 15 is 0 Å². The number of rotatable bonds is 3. The number of amides is 1. The molecular formula is C17H14FN3OS. The van der Waals surface area contributed by atoms with E-state index in [0.717, 1.165) is 0 Å². The maximum absolute atomic E-state index is 13.3. The van der Waals surface area contributed by atoms with Crippen LogP contribution >= 0.6 is 11.8 Å². The van der Waals surface area contributed by atoms with E-state index in [0.29, 0.717) is 27.9 Å². The zero-order valence-corrected chi connectivity index (χ0v) is 13.3. The van der Waals surface area contributed by atoms with E-state index in [1.54, 1.807) is 41.6 Å². The number of aliphatic imine (C=N–C) groups is 1. The Hall–Kier alpha value is -2.47. The monoisotopic (exact) mass is 327 g/mol. The van der Waals surface area contributed by atoms with Crippen LogP contribution in [0.2, 0.25) is 0 Å². The fourth-order valence-electron chi connectivity index (χ4n) is 2.15. The van der Waals surface area contributed by atoms with Gasteiger partial charge in [-0.25, -0.2) is 9.38 Å². The summed E-state index contributed by atoms with van der Waals surface area (Å²) in [6.45, 7) is 2.41. The molecule has 3 rings (SSSR count). The summed E-state index contributed by atoms with van der Waals surface area (Å²) in [5.74, 6) is -0.448. The van der Waals surface area contributed by atoms with Crippen molar-refractivity contribution in [1.29, 1.82) is 0 Å². The van der Waals surface area contributed by atoms with Crippen LogP contribution in [0, 0.1) is 5.82 Å². The van der Waals surface area contributed by atoms with E-state index < -0.39 is 0 Å². The molecule has 0 aliphatic carbocycles. The first-order valence-corrected chi connectivity index (χ1v) is 7.94. The Morgan fingerprint density at radius 2 is 2.22 bits per heavy atom. The van der Waals surface area contributed by atoms with Gasteiger partial charge in [-0.3, -0.25) is 14.7 Å². The number of aromatic nitrogens is 1. The number of pyridine rings is 1. The van der Waals surface area contributed by atoms with Crippen LogP contribution in [-0.2, 0) is 4.79 Å². The lowest BCUT2D eigenvalue weighted by atomic mass is 10.2. The quantitative estimate of drug-likeness (QED) is 0.805. The summed E-state index contributed by atoms with van der Waals surface area (Å²) in [6, 6.07) is 9.77. The number of hydrogen-bond acceptors (Lipinski definition) is 4. The lowest BCUT2D eigenvalue weighted by Crippen LogP contribution is -2.28. The van der Waals surface area contributed by atoms with Gasteiger partial charge in [0.15, 0.2) is 5.17 Å². The Labute approximate surface area is 137 Å². The van der Waals surface area contributed by atoms with Crippen LogP contribution in [0.25, 0.3) is 6.08 Å². The van der Waals surface area contributed by atoms with Gasteiger partial charge in [0.1, 0.15) is 5.82 Å². The SMILES string of the molecule is CCN1C(=O)/C(=C/c2cccc(F)c2)SC1=Nc1cccnc1. The molecule has 4 nitrogen and oxygen atoms in total. The van der Waals surface area contributed by atoms with Crippen LogP contribution in [-0.4, -0.2) is 27.5 Å². The molecule has 1 aromatic carbocycles. The third-order valence-electron chi connectivity index (χ3n) is 3.22. The molecule has 1 aliphatic rings. The van der Waals surface area contributed by atoms with Crippen LogP contribution in [0.15, 0.2) is 58.7 Å². The van der Waals surface area contributed by atoms with Crippen molar-refractivity contribution >= 4 is 34.6 Å². The molecule has 0 unspecified atom stereocenters. The Bertz CT molecular complexity index is 789. The lowest BCUT2D eigenvalue weighted by molar-refractivity contribution is -0.122. The highest BCUT2D eigenvalue weighted by Crippen LogP contribution is 2.33. The molecule has 1 aromatic heterocycles. The molecule has 6 heteroatoms. The number of likely N-dealkylation sites (N-methyl/N-ethyl adjacent to an activating group) is 1. The standard InChI is InChI=1S/C17H14FN3OS/c1-2-21-16(22)15(10-12-5-3-6-13(18)9-12)23-17(21)20-14-7-4-8-19-11-14/h3-11H,2H2,1H3/b15-10-,20-17?. The van der Waals surface area contributed by atoms with Crippen LogP contribution in [0.1, 0.15) is 12.5 Å². The molecule has 0 bridgehead atoms. The van der Waals surface area contributed by atoms with Gasteiger partial charge in [0, 0.05) is 12.7 Å². The summed E-state index contributed by atoms with van der Waals surface area (Å²) >= 11 is 1.28. The highest BCUT2D eigenvalue weighted by Gasteiger charge is 2.32. The third kappa shape index (κ3) is 3.48. The molecule has 1 amide bonds. The summed E-state index contributed by atoms with van der Waals surface area (Å²) in [5, 5.41) is 0.605. The second-order valence-electron chi connectivity index (χ2n) is 4.82. The highest BCUT2D eigenvalue weighted by molar-refractivity contribution is 8.18. The predicted octanol–water partition coefficient (Wildman–Crippen LogP) is 3.84. The van der Waals surface area contributed by atoms with Crippen molar-refractivity contribution in [3.63, 3.8) is 0 Å². The minimum Gasteiger partial charge on any atom is -0.287 e. The molecule has 1 fully saturated rings. The maximum Gasteiger partial charge on any atom is 0.266 e. The number of amidine groups is 1. The molecule has 1 aliphatic heterocycles. The van der Waals surface area contributed by atoms with Gasteiger partial charge < -0.3 is 0 Å². The van der Waals surface area contributed by atoms with Crippen molar-refractivity contribution in [3.05, 3.63) is 65.1 Å². The number of hydrogen-bond donors (Lipinski definition) is 0. The minimum atomic E-state index is -0.327. The number of benzene rings is 1. The van der Waals surface area contributed by atoms with Gasteiger partial charge >= 0.3 is 0 Å². The van der Waals surface area contributed by atoms with Crippen molar-refractivity contribution in [1.82, 2.24) is 9.88 Å². The zero-order chi connectivity index (χ0) is 16.2. The Balaban J connectivity index is 1.93. The van der Waals surface area contributed by atoms with Crippen molar-refractivity contribution in [3.8, 4) is 0 Å². The largest absolute Gasteiger partial charge is 0.287 e. The topological polar surface area (TPSA) is 45.6 Å². The van der Waals surface area contributed by atoms with Crippen molar-refractivity contribution in [2.75, 3.05) is 6.54 Å². The molecule has 0 saturated carbocycles. The first-order valence-electron chi connectivity index (χ1n) is 7.13. The van der Waals surface area contributed by atoms with Crippen molar-refractivity contribution in [2.45, 2.75) is 6.92 Å². The molecule has 116 valence electrons. The Morgan fingerprint density at radius 3 is 2.91 bits per heavy atom. The molecule has 1 saturated heterocycles. The summed E-state index contributed by atoms with van der Waals surface area (Å²) in [4.78, 5) is 23.1. The summed E-state index contributed by atoms with van der Waals surface area (Å²) in [6.07, 6.45) is 4.99. The summed E-state index contributed by atoms with van der Waals surface area (Å²) in [7, 11) is 0. The number of nitrogens with zero attached hydrogens (tertiary/aromatic N) is 3. The van der Waals surface area contributed by atoms with Crippen LogP contribution in [0.3, 0.4) is 0 Å². The van der Waals surface area contributed by atoms with Crippen LogP contribution in [0.5, 0.6) is 0 Å². The predicted molar refractivity (Wildman–Crippen MR) is 90.7 cm³/mol. The molecule has 23 heavy (non-hydrogen) atoms. The number of carbonyl (C=O) groups excluding carboxylic acids is 1. The second-order valence-corrected chi connectivity index (χ2v) is 5.83. The molecule has 0 atom stereocenters. The molecule has 0 N–H and O–H groups in total. The maximum atomic E-state index is 13.3. The van der Waals surface area contributed by atoms with Gasteiger partial charge in [-0.05, 0) is 54.6 Å². The first kappa shape index (κ1) is 15.4. The van der Waals surface area contributed by atoms with E-state index in [4.69, 9.17) is 0 Å². The first-order chi connectivity index (χ1) is 11.2. The molecule has 2 aromatic rings. The van der Waals surface area contributed by atoms with Gasteiger partial charge in [0.2, 0.25) is 0 Å². The Kier molecular flexibility index (Phi) is 4.52. The fraction of sp³-hybridized carbons (Fsp3) is 0.118. The lowest BCUT2D eigenvalue weighted by Gasteiger charge is -2.11. The van der Waals surface area contributed by atoms with E-state index in [-0.39, 0.29) is 11.7 Å². The van der Waals surface area contributed by atoms with Gasteiger partial charge in [0.25, 0.3) is 5.91 Å². The van der Waals surface area contributed by atoms with Gasteiger partial charge in [-0.1, -0.05) is 12.1 Å². The molecule has 0 spiro atoms. The molecule has 0 radical (unpaired) electrons. The molecule has 2 heterocycles. The average molecular weight is 327 g/mol. The van der Waals surface area contributed by atoms with Gasteiger partial charge in [0.05, 0.1) is 16.8 Å². The number of thioether (sulfide) groups is 1. The highest BCUT2D eigenvalue weighted by atomic mass is 32.2. The van der Waals surface area contributed by atoms with Gasteiger partial charge in [-0.15, -0.1) is 0 Å². The summed E-state index contributed by atoms with van der Waals surface area (Å²) in [5.41, 5.74) is 1.34. The Morgan fingerprint density at radius 1 is 1.35 bits per heavy atom. The third-order valence-corrected chi connectivity index (χ3v) is 4.23.